The summed E-state index contributed by atoms with van der Waals surface area (Å²) in [6, 6.07) is 3.95. The molecule has 1 aliphatic heterocycles. The fourth-order valence-corrected chi connectivity index (χ4v) is 6.05. The number of amides is 1. The van der Waals surface area contributed by atoms with Crippen LogP contribution < -0.4 is 15.8 Å². The highest BCUT2D eigenvalue weighted by Crippen LogP contribution is 2.49. The molecule has 1 fully saturated rings. The number of halogens is 1. The smallest absolute Gasteiger partial charge is 0.275 e. The number of aliphatic imine (C=N–C) groups is 1. The van der Waals surface area contributed by atoms with E-state index in [4.69, 9.17) is 10.5 Å². The fourth-order valence-electron chi connectivity index (χ4n) is 4.11. The molecule has 1 amide bonds. The van der Waals surface area contributed by atoms with Crippen molar-refractivity contribution in [2.75, 3.05) is 19.5 Å². The lowest BCUT2D eigenvalue weighted by Crippen LogP contribution is -2.55. The average molecular weight is 448 g/mol. The zero-order chi connectivity index (χ0) is 22.4. The monoisotopic (exact) mass is 448 g/mol. The lowest BCUT2D eigenvalue weighted by molar-refractivity contribution is 0.102. The molecule has 0 bridgehead atoms. The normalized spacial score (nSPS) is 24.3. The second-order valence-corrected chi connectivity index (χ2v) is 9.53. The Bertz CT molecular complexity index is 1170. The lowest BCUT2D eigenvalue weighted by Gasteiger charge is -2.39. The minimum atomic E-state index is -3.80. The standard InChI is InChI=1S/C19H21FN6O4S/c1-26-18(21)25-19(7-3-4-15(19)31(26,28)29)12-8-11(5-6-13(12)20)24-17(27)14-9-23-16(30-2)10-22-14/h5-6,8-10,15H,3-4,7H2,1-2H3,(H2,21,25)(H,24,27)/t15-,19-/m1/s1. The third kappa shape index (κ3) is 3.36. The van der Waals surface area contributed by atoms with Crippen LogP contribution in [-0.4, -0.2) is 54.0 Å². The number of benzene rings is 1. The van der Waals surface area contributed by atoms with Gasteiger partial charge >= 0.3 is 0 Å². The Kier molecular flexibility index (Phi) is 5.04. The molecule has 164 valence electrons. The quantitative estimate of drug-likeness (QED) is 0.716. The second-order valence-electron chi connectivity index (χ2n) is 7.38. The molecule has 1 aliphatic carbocycles. The number of ether oxygens (including phenoxy) is 1. The van der Waals surface area contributed by atoms with Gasteiger partial charge in [0.05, 0.1) is 19.5 Å². The molecule has 0 unspecified atom stereocenters. The molecular formula is C19H21FN6O4S. The summed E-state index contributed by atoms with van der Waals surface area (Å²) in [6.45, 7) is 0. The third-order valence-corrected chi connectivity index (χ3v) is 7.99. The molecule has 1 aromatic carbocycles. The Labute approximate surface area is 178 Å². The molecule has 3 N–H and O–H groups in total. The van der Waals surface area contributed by atoms with Gasteiger partial charge in [-0.15, -0.1) is 0 Å². The predicted octanol–water partition coefficient (Wildman–Crippen LogP) is 1.21. The number of carbonyl (C=O) groups is 1. The number of carbonyl (C=O) groups excluding carboxylic acids is 1. The summed E-state index contributed by atoms with van der Waals surface area (Å²) in [6.07, 6.45) is 3.75. The van der Waals surface area contributed by atoms with Crippen molar-refractivity contribution >= 4 is 27.6 Å². The van der Waals surface area contributed by atoms with Crippen LogP contribution in [0.4, 0.5) is 10.1 Å². The van der Waals surface area contributed by atoms with Crippen molar-refractivity contribution in [2.24, 2.45) is 10.7 Å². The number of methoxy groups -OCH3 is 1. The molecule has 1 aromatic heterocycles. The van der Waals surface area contributed by atoms with Gasteiger partial charge in [-0.1, -0.05) is 0 Å². The molecule has 4 rings (SSSR count). The summed E-state index contributed by atoms with van der Waals surface area (Å²) in [5, 5.41) is 1.69. The van der Waals surface area contributed by atoms with Crippen molar-refractivity contribution in [2.45, 2.75) is 30.1 Å². The molecule has 2 aromatic rings. The summed E-state index contributed by atoms with van der Waals surface area (Å²) in [5.41, 5.74) is 4.91. The van der Waals surface area contributed by atoms with Crippen LogP contribution in [-0.2, 0) is 15.6 Å². The van der Waals surface area contributed by atoms with Gasteiger partial charge in [0, 0.05) is 18.3 Å². The van der Waals surface area contributed by atoms with Gasteiger partial charge in [0.15, 0.2) is 0 Å². The fraction of sp³-hybridized carbons (Fsp3) is 0.368. The number of anilines is 1. The molecule has 31 heavy (non-hydrogen) atoms. The van der Waals surface area contributed by atoms with E-state index in [1.165, 1.54) is 44.8 Å². The molecule has 10 nitrogen and oxygen atoms in total. The van der Waals surface area contributed by atoms with Gasteiger partial charge in [0.2, 0.25) is 21.9 Å². The predicted molar refractivity (Wildman–Crippen MR) is 111 cm³/mol. The van der Waals surface area contributed by atoms with Crippen molar-refractivity contribution in [1.29, 1.82) is 0 Å². The van der Waals surface area contributed by atoms with Crippen LogP contribution in [0.1, 0.15) is 35.3 Å². The molecule has 0 spiro atoms. The van der Waals surface area contributed by atoms with E-state index in [1.54, 1.807) is 0 Å². The largest absolute Gasteiger partial charge is 0.480 e. The molecule has 2 heterocycles. The van der Waals surface area contributed by atoms with Crippen LogP contribution in [0.25, 0.3) is 0 Å². The number of hydrogen-bond donors (Lipinski definition) is 2. The maximum absolute atomic E-state index is 14.9. The number of aromatic nitrogens is 2. The SMILES string of the molecule is COc1cnc(C(=O)Nc2ccc(F)c([C@]34CCC[C@H]3S(=O)(=O)N(C)C(N)=N4)c2)cn1. The zero-order valence-corrected chi connectivity index (χ0v) is 17.7. The highest BCUT2D eigenvalue weighted by atomic mass is 32.2. The van der Waals surface area contributed by atoms with Crippen LogP contribution in [0.2, 0.25) is 0 Å². The first-order chi connectivity index (χ1) is 14.7. The Balaban J connectivity index is 1.72. The lowest BCUT2D eigenvalue weighted by atomic mass is 9.87. The molecule has 0 saturated heterocycles. The highest BCUT2D eigenvalue weighted by Gasteiger charge is 2.56. The van der Waals surface area contributed by atoms with Crippen LogP contribution in [0.15, 0.2) is 35.6 Å². The van der Waals surface area contributed by atoms with E-state index in [2.05, 4.69) is 20.3 Å². The van der Waals surface area contributed by atoms with Crippen molar-refractivity contribution in [3.05, 3.63) is 47.7 Å². The molecule has 12 heteroatoms. The molecule has 1 saturated carbocycles. The van der Waals surface area contributed by atoms with Gasteiger partial charge in [-0.2, -0.15) is 0 Å². The maximum atomic E-state index is 14.9. The van der Waals surface area contributed by atoms with E-state index in [9.17, 15) is 17.6 Å². The average Bonchev–Trinajstić information content (AvgIpc) is 3.19. The number of nitrogens with zero attached hydrogens (tertiary/aromatic N) is 4. The molecule has 0 radical (unpaired) electrons. The number of guanidine groups is 1. The Hall–Kier alpha value is -3.28. The Morgan fingerprint density at radius 2 is 2.13 bits per heavy atom. The van der Waals surface area contributed by atoms with Crippen molar-refractivity contribution in [3.63, 3.8) is 0 Å². The van der Waals surface area contributed by atoms with E-state index in [0.29, 0.717) is 19.3 Å². The topological polar surface area (TPSA) is 140 Å². The minimum Gasteiger partial charge on any atom is -0.480 e. The summed E-state index contributed by atoms with van der Waals surface area (Å²) in [7, 11) is -1.04. The van der Waals surface area contributed by atoms with E-state index in [1.807, 2.05) is 0 Å². The Morgan fingerprint density at radius 3 is 2.81 bits per heavy atom. The van der Waals surface area contributed by atoms with Gasteiger partial charge in [0.25, 0.3) is 5.91 Å². The third-order valence-electron chi connectivity index (χ3n) is 5.70. The van der Waals surface area contributed by atoms with Gasteiger partial charge in [0.1, 0.15) is 22.3 Å². The van der Waals surface area contributed by atoms with E-state index in [-0.39, 0.29) is 28.8 Å². The first-order valence-electron chi connectivity index (χ1n) is 9.49. The van der Waals surface area contributed by atoms with Gasteiger partial charge < -0.3 is 15.8 Å². The van der Waals surface area contributed by atoms with Crippen molar-refractivity contribution in [1.82, 2.24) is 14.3 Å². The van der Waals surface area contributed by atoms with Gasteiger partial charge in [-0.25, -0.2) is 32.1 Å². The van der Waals surface area contributed by atoms with E-state index >= 15 is 0 Å². The van der Waals surface area contributed by atoms with Crippen molar-refractivity contribution in [3.8, 4) is 5.88 Å². The highest BCUT2D eigenvalue weighted by molar-refractivity contribution is 7.90. The summed E-state index contributed by atoms with van der Waals surface area (Å²) in [5.74, 6) is -1.12. The number of nitrogens with one attached hydrogen (secondary N) is 1. The van der Waals surface area contributed by atoms with Gasteiger partial charge in [-0.05, 0) is 37.5 Å². The number of rotatable bonds is 4. The zero-order valence-electron chi connectivity index (χ0n) is 16.9. The van der Waals surface area contributed by atoms with Crippen molar-refractivity contribution < 1.29 is 22.3 Å². The van der Waals surface area contributed by atoms with Crippen LogP contribution in [0.5, 0.6) is 5.88 Å². The summed E-state index contributed by atoms with van der Waals surface area (Å²) >= 11 is 0. The number of fused-ring (bicyclic) bond motifs is 1. The van der Waals surface area contributed by atoms with Crippen LogP contribution in [0.3, 0.4) is 0 Å². The van der Waals surface area contributed by atoms with Crippen LogP contribution >= 0.6 is 0 Å². The number of sulfonamides is 1. The number of hydrogen-bond acceptors (Lipinski definition) is 8. The van der Waals surface area contributed by atoms with E-state index in [0.717, 1.165) is 4.31 Å². The second kappa shape index (κ2) is 7.45. The Morgan fingerprint density at radius 1 is 1.35 bits per heavy atom. The van der Waals surface area contributed by atoms with E-state index < -0.39 is 32.5 Å². The first kappa shape index (κ1) is 21.0. The molecule has 2 aliphatic rings. The van der Waals surface area contributed by atoms with Crippen LogP contribution in [0, 0.1) is 5.82 Å². The number of nitrogens with two attached hydrogens (primary N) is 1. The summed E-state index contributed by atoms with van der Waals surface area (Å²) < 4.78 is 46.7. The van der Waals surface area contributed by atoms with Gasteiger partial charge in [-0.3, -0.25) is 4.79 Å². The minimum absolute atomic E-state index is 0.0349. The maximum Gasteiger partial charge on any atom is 0.275 e. The first-order valence-corrected chi connectivity index (χ1v) is 11.0. The summed E-state index contributed by atoms with van der Waals surface area (Å²) in [4.78, 5) is 24.8. The molecular weight excluding hydrogens is 427 g/mol. The molecule has 2 atom stereocenters.